The Morgan fingerprint density at radius 3 is 2.78 bits per heavy atom. The van der Waals surface area contributed by atoms with Crippen molar-refractivity contribution in [2.75, 3.05) is 32.7 Å². The van der Waals surface area contributed by atoms with Crippen LogP contribution in [0.4, 0.5) is 0 Å². The third-order valence-corrected chi connectivity index (χ3v) is 5.26. The fourth-order valence-electron chi connectivity index (χ4n) is 3.70. The average Bonchev–Trinajstić information content (AvgIpc) is 3.06. The Morgan fingerprint density at radius 2 is 2.07 bits per heavy atom. The van der Waals surface area contributed by atoms with Gasteiger partial charge >= 0.3 is 0 Å². The van der Waals surface area contributed by atoms with Crippen LogP contribution >= 0.6 is 24.0 Å². The van der Waals surface area contributed by atoms with E-state index in [9.17, 15) is 0 Å². The lowest BCUT2D eigenvalue weighted by Gasteiger charge is -2.35. The van der Waals surface area contributed by atoms with Crippen LogP contribution in [-0.4, -0.2) is 59.2 Å². The molecule has 2 N–H and O–H groups in total. The zero-order chi connectivity index (χ0) is 18.6. The molecule has 2 heterocycles. The van der Waals surface area contributed by atoms with E-state index in [0.29, 0.717) is 0 Å². The molecule has 1 atom stereocenters. The van der Waals surface area contributed by atoms with Crippen LogP contribution in [0.25, 0.3) is 0 Å². The SMILES string of the molecule is CCNC(=NCCCCn1ccnc1C)NCCN1CCCCC1CC.I. The lowest BCUT2D eigenvalue weighted by molar-refractivity contribution is 0.147. The van der Waals surface area contributed by atoms with Gasteiger partial charge in [-0.3, -0.25) is 9.89 Å². The van der Waals surface area contributed by atoms with E-state index in [0.717, 1.165) is 63.4 Å². The standard InChI is InChI=1S/C20H38N6.HI/c1-4-19-10-6-8-15-26(19)17-13-24-20(21-5-2)23-11-7-9-14-25-16-12-22-18(25)3;/h12,16,19H,4-11,13-15,17H2,1-3H3,(H2,21,23,24);1H. The van der Waals surface area contributed by atoms with Crippen molar-refractivity contribution in [2.24, 2.45) is 4.99 Å². The van der Waals surface area contributed by atoms with E-state index in [4.69, 9.17) is 4.99 Å². The van der Waals surface area contributed by atoms with E-state index >= 15 is 0 Å². The number of aryl methyl sites for hydroxylation is 2. The molecule has 1 aromatic rings. The number of unbranched alkanes of at least 4 members (excludes halogenated alkanes) is 1. The molecule has 1 fully saturated rings. The Kier molecular flexibility index (Phi) is 12.7. The van der Waals surface area contributed by atoms with Crippen LogP contribution in [0.5, 0.6) is 0 Å². The molecule has 1 unspecified atom stereocenters. The van der Waals surface area contributed by atoms with Gasteiger partial charge < -0.3 is 15.2 Å². The first-order valence-corrected chi connectivity index (χ1v) is 10.5. The summed E-state index contributed by atoms with van der Waals surface area (Å²) in [5.41, 5.74) is 0. The molecule has 1 aromatic heterocycles. The molecular weight excluding hydrogens is 451 g/mol. The van der Waals surface area contributed by atoms with Crippen molar-refractivity contribution in [3.8, 4) is 0 Å². The van der Waals surface area contributed by atoms with Crippen LogP contribution in [0.15, 0.2) is 17.4 Å². The normalized spacial score (nSPS) is 18.2. The monoisotopic (exact) mass is 490 g/mol. The number of nitrogens with one attached hydrogen (secondary N) is 2. The number of halogens is 1. The molecule has 1 aliphatic rings. The van der Waals surface area contributed by atoms with E-state index < -0.39 is 0 Å². The van der Waals surface area contributed by atoms with Crippen LogP contribution in [0.1, 0.15) is 58.2 Å². The predicted molar refractivity (Wildman–Crippen MR) is 125 cm³/mol. The first-order chi connectivity index (χ1) is 12.7. The molecule has 0 aliphatic carbocycles. The van der Waals surface area contributed by atoms with Crippen molar-refractivity contribution in [1.29, 1.82) is 0 Å². The first kappa shape index (κ1) is 24.2. The summed E-state index contributed by atoms with van der Waals surface area (Å²) in [7, 11) is 0. The number of aromatic nitrogens is 2. The molecule has 27 heavy (non-hydrogen) atoms. The first-order valence-electron chi connectivity index (χ1n) is 10.5. The molecule has 0 saturated carbocycles. The van der Waals surface area contributed by atoms with Crippen molar-refractivity contribution in [2.45, 2.75) is 71.9 Å². The van der Waals surface area contributed by atoms with Crippen molar-refractivity contribution >= 4 is 29.9 Å². The van der Waals surface area contributed by atoms with Crippen LogP contribution < -0.4 is 10.6 Å². The summed E-state index contributed by atoms with van der Waals surface area (Å²) < 4.78 is 2.20. The third kappa shape index (κ3) is 8.81. The van der Waals surface area contributed by atoms with Gasteiger partial charge in [-0.25, -0.2) is 4.98 Å². The minimum atomic E-state index is 0. The highest BCUT2D eigenvalue weighted by Crippen LogP contribution is 2.18. The molecule has 1 saturated heterocycles. The molecule has 0 aromatic carbocycles. The fourth-order valence-corrected chi connectivity index (χ4v) is 3.70. The summed E-state index contributed by atoms with van der Waals surface area (Å²) in [6.07, 6.45) is 11.5. The lowest BCUT2D eigenvalue weighted by Crippen LogP contribution is -2.46. The van der Waals surface area contributed by atoms with Gasteiger partial charge in [0.05, 0.1) is 0 Å². The van der Waals surface area contributed by atoms with E-state index in [1.54, 1.807) is 0 Å². The Balaban J connectivity index is 0.00000364. The maximum absolute atomic E-state index is 4.73. The van der Waals surface area contributed by atoms with Crippen molar-refractivity contribution in [3.63, 3.8) is 0 Å². The van der Waals surface area contributed by atoms with E-state index in [1.807, 2.05) is 12.4 Å². The van der Waals surface area contributed by atoms with Crippen LogP contribution in [0.2, 0.25) is 0 Å². The molecular formula is C20H39IN6. The topological polar surface area (TPSA) is 57.5 Å². The van der Waals surface area contributed by atoms with Crippen molar-refractivity contribution in [3.05, 3.63) is 18.2 Å². The molecule has 1 aliphatic heterocycles. The van der Waals surface area contributed by atoms with Gasteiger partial charge in [0.15, 0.2) is 5.96 Å². The summed E-state index contributed by atoms with van der Waals surface area (Å²) in [4.78, 5) is 11.6. The van der Waals surface area contributed by atoms with Crippen LogP contribution in [0, 0.1) is 6.92 Å². The number of piperidine rings is 1. The Hall–Kier alpha value is -0.830. The summed E-state index contributed by atoms with van der Waals surface area (Å²) in [5, 5.41) is 6.87. The second-order valence-corrected chi connectivity index (χ2v) is 7.16. The van der Waals surface area contributed by atoms with E-state index in [-0.39, 0.29) is 24.0 Å². The third-order valence-electron chi connectivity index (χ3n) is 5.26. The molecule has 0 amide bonds. The minimum absolute atomic E-state index is 0. The summed E-state index contributed by atoms with van der Waals surface area (Å²) in [6.45, 7) is 12.6. The molecule has 156 valence electrons. The summed E-state index contributed by atoms with van der Waals surface area (Å²) in [6, 6.07) is 0.775. The highest BCUT2D eigenvalue weighted by atomic mass is 127. The Labute approximate surface area is 182 Å². The highest BCUT2D eigenvalue weighted by Gasteiger charge is 2.19. The van der Waals surface area contributed by atoms with Gasteiger partial charge in [0.1, 0.15) is 5.82 Å². The Bertz CT molecular complexity index is 530. The zero-order valence-electron chi connectivity index (χ0n) is 17.4. The number of imidazole rings is 1. The summed E-state index contributed by atoms with van der Waals surface area (Å²) in [5.74, 6) is 2.04. The maximum Gasteiger partial charge on any atom is 0.191 e. The van der Waals surface area contributed by atoms with Gasteiger partial charge in [0, 0.05) is 51.2 Å². The number of aliphatic imine (C=N–C) groups is 1. The zero-order valence-corrected chi connectivity index (χ0v) is 19.7. The fraction of sp³-hybridized carbons (Fsp3) is 0.800. The van der Waals surface area contributed by atoms with Gasteiger partial charge in [0.25, 0.3) is 0 Å². The van der Waals surface area contributed by atoms with Crippen LogP contribution in [0.3, 0.4) is 0 Å². The van der Waals surface area contributed by atoms with Gasteiger partial charge in [-0.05, 0) is 52.5 Å². The van der Waals surface area contributed by atoms with Gasteiger partial charge in [-0.2, -0.15) is 0 Å². The number of rotatable bonds is 10. The lowest BCUT2D eigenvalue weighted by atomic mass is 10.0. The van der Waals surface area contributed by atoms with Crippen molar-refractivity contribution < 1.29 is 0 Å². The van der Waals surface area contributed by atoms with Gasteiger partial charge in [0.2, 0.25) is 0 Å². The number of nitrogens with zero attached hydrogens (tertiary/aromatic N) is 4. The molecule has 0 spiro atoms. The van der Waals surface area contributed by atoms with Crippen molar-refractivity contribution in [1.82, 2.24) is 25.1 Å². The number of hydrogen-bond acceptors (Lipinski definition) is 3. The summed E-state index contributed by atoms with van der Waals surface area (Å²) >= 11 is 0. The highest BCUT2D eigenvalue weighted by molar-refractivity contribution is 14.0. The average molecular weight is 490 g/mol. The second kappa shape index (κ2) is 14.2. The Morgan fingerprint density at radius 1 is 1.22 bits per heavy atom. The smallest absolute Gasteiger partial charge is 0.191 e. The number of likely N-dealkylation sites (tertiary alicyclic amines) is 1. The largest absolute Gasteiger partial charge is 0.357 e. The molecule has 7 heteroatoms. The van der Waals surface area contributed by atoms with Crippen LogP contribution in [-0.2, 0) is 6.54 Å². The quantitative estimate of drug-likeness (QED) is 0.229. The molecule has 0 radical (unpaired) electrons. The molecule has 2 rings (SSSR count). The maximum atomic E-state index is 4.73. The molecule has 0 bridgehead atoms. The number of guanidine groups is 1. The molecule has 6 nitrogen and oxygen atoms in total. The van der Waals surface area contributed by atoms with Gasteiger partial charge in [-0.1, -0.05) is 13.3 Å². The van der Waals surface area contributed by atoms with Gasteiger partial charge in [-0.15, -0.1) is 24.0 Å². The second-order valence-electron chi connectivity index (χ2n) is 7.16. The van der Waals surface area contributed by atoms with E-state index in [1.165, 1.54) is 32.2 Å². The minimum Gasteiger partial charge on any atom is -0.357 e. The van der Waals surface area contributed by atoms with E-state index in [2.05, 4.69) is 45.9 Å². The predicted octanol–water partition coefficient (Wildman–Crippen LogP) is 3.41. The number of hydrogen-bond donors (Lipinski definition) is 2.